The van der Waals surface area contributed by atoms with E-state index in [9.17, 15) is 26.4 Å². The number of sulfonamides is 1. The first-order valence-electron chi connectivity index (χ1n) is 13.1. The van der Waals surface area contributed by atoms with Gasteiger partial charge in [0.05, 0.1) is 28.4 Å². The summed E-state index contributed by atoms with van der Waals surface area (Å²) in [5, 5.41) is 4.28. The van der Waals surface area contributed by atoms with Gasteiger partial charge >= 0.3 is 6.18 Å². The van der Waals surface area contributed by atoms with Crippen molar-refractivity contribution in [1.29, 1.82) is 0 Å². The molecular weight excluding hydrogens is 591 g/mol. The Labute approximate surface area is 248 Å². The molecule has 1 saturated carbocycles. The summed E-state index contributed by atoms with van der Waals surface area (Å²) in [6.07, 6.45) is -0.504. The SMILES string of the molecule is C=CCC(C)(C)N(CS)c1nc(-n2ccc(OCCC3(C(F)(F)F)CC3)n2)ccc1C(=O)NS(=O)(=O)c1ccccc1. The number of carbonyl (C=O) groups is 1. The van der Waals surface area contributed by atoms with E-state index < -0.39 is 33.1 Å². The molecule has 1 aliphatic carbocycles. The fourth-order valence-electron chi connectivity index (χ4n) is 4.48. The fourth-order valence-corrected chi connectivity index (χ4v) is 5.99. The van der Waals surface area contributed by atoms with Crippen molar-refractivity contribution in [2.75, 3.05) is 17.4 Å². The van der Waals surface area contributed by atoms with E-state index in [-0.39, 0.29) is 59.7 Å². The molecule has 3 aromatic rings. The number of nitrogens with zero attached hydrogens (tertiary/aromatic N) is 4. The van der Waals surface area contributed by atoms with Crippen molar-refractivity contribution in [3.63, 3.8) is 0 Å². The minimum Gasteiger partial charge on any atom is -0.477 e. The van der Waals surface area contributed by atoms with Crippen LogP contribution >= 0.6 is 12.6 Å². The number of pyridine rings is 1. The van der Waals surface area contributed by atoms with Crippen LogP contribution in [-0.4, -0.2) is 53.3 Å². The van der Waals surface area contributed by atoms with Crippen LogP contribution in [0, 0.1) is 5.41 Å². The maximum Gasteiger partial charge on any atom is 0.394 e. The number of ether oxygens (including phenoxy) is 1. The summed E-state index contributed by atoms with van der Waals surface area (Å²) in [4.78, 5) is 19.7. The summed E-state index contributed by atoms with van der Waals surface area (Å²) < 4.78 is 74.4. The molecule has 14 heteroatoms. The second-order valence-corrected chi connectivity index (χ2v) is 12.6. The van der Waals surface area contributed by atoms with Gasteiger partial charge in [-0.05, 0) is 63.8 Å². The average molecular weight is 624 g/mol. The van der Waals surface area contributed by atoms with Gasteiger partial charge in [0.15, 0.2) is 5.82 Å². The molecule has 0 atom stereocenters. The lowest BCUT2D eigenvalue weighted by Crippen LogP contribution is -2.45. The number of anilines is 1. The third-order valence-corrected chi connectivity index (χ3v) is 8.87. The maximum atomic E-state index is 13.4. The van der Waals surface area contributed by atoms with Crippen molar-refractivity contribution in [1.82, 2.24) is 19.5 Å². The third kappa shape index (κ3) is 6.75. The zero-order valence-electron chi connectivity index (χ0n) is 23.1. The first-order valence-corrected chi connectivity index (χ1v) is 15.2. The minimum atomic E-state index is -4.26. The van der Waals surface area contributed by atoms with Gasteiger partial charge in [-0.3, -0.25) is 4.79 Å². The summed E-state index contributed by atoms with van der Waals surface area (Å²) in [5.41, 5.74) is -2.32. The molecule has 1 fully saturated rings. The Bertz CT molecular complexity index is 1540. The van der Waals surface area contributed by atoms with Gasteiger partial charge in [0.2, 0.25) is 5.88 Å². The topological polar surface area (TPSA) is 106 Å². The van der Waals surface area contributed by atoms with Crippen LogP contribution in [0.25, 0.3) is 5.82 Å². The Morgan fingerprint density at radius 3 is 2.48 bits per heavy atom. The Kier molecular flexibility index (Phi) is 8.97. The number of aromatic nitrogens is 3. The number of halogens is 3. The summed E-state index contributed by atoms with van der Waals surface area (Å²) in [7, 11) is -4.17. The van der Waals surface area contributed by atoms with Gasteiger partial charge in [0.1, 0.15) is 5.82 Å². The van der Waals surface area contributed by atoms with E-state index in [2.05, 4.69) is 34.0 Å². The predicted octanol–water partition coefficient (Wildman–Crippen LogP) is 5.55. The van der Waals surface area contributed by atoms with Crippen LogP contribution in [-0.2, 0) is 10.0 Å². The van der Waals surface area contributed by atoms with E-state index in [0.29, 0.717) is 6.42 Å². The number of hydrogen-bond donors (Lipinski definition) is 2. The molecule has 1 aromatic carbocycles. The molecule has 42 heavy (non-hydrogen) atoms. The lowest BCUT2D eigenvalue weighted by Gasteiger charge is -2.39. The Hall–Kier alpha value is -3.52. The normalized spacial score (nSPS) is 14.7. The van der Waals surface area contributed by atoms with Crippen molar-refractivity contribution >= 4 is 34.4 Å². The summed E-state index contributed by atoms with van der Waals surface area (Å²) >= 11 is 4.46. The monoisotopic (exact) mass is 623 g/mol. The number of amides is 1. The zero-order chi connectivity index (χ0) is 30.8. The minimum absolute atomic E-state index is 0.0186. The molecule has 0 saturated heterocycles. The van der Waals surface area contributed by atoms with Crippen LogP contribution in [0.2, 0.25) is 0 Å². The van der Waals surface area contributed by atoms with Crippen molar-refractivity contribution in [2.45, 2.75) is 56.1 Å². The molecule has 2 aromatic heterocycles. The van der Waals surface area contributed by atoms with Gasteiger partial charge in [0, 0.05) is 17.8 Å². The highest BCUT2D eigenvalue weighted by Gasteiger charge is 2.62. The number of alkyl halides is 3. The summed E-state index contributed by atoms with van der Waals surface area (Å²) in [5.74, 6) is -0.244. The second kappa shape index (κ2) is 12.0. The molecule has 0 bridgehead atoms. The summed E-state index contributed by atoms with van der Waals surface area (Å²) in [6, 6.07) is 11.9. The lowest BCUT2D eigenvalue weighted by molar-refractivity contribution is -0.190. The molecule has 0 radical (unpaired) electrons. The van der Waals surface area contributed by atoms with Gasteiger partial charge in [0.25, 0.3) is 15.9 Å². The third-order valence-electron chi connectivity index (χ3n) is 7.24. The van der Waals surface area contributed by atoms with Gasteiger partial charge in [-0.25, -0.2) is 22.8 Å². The van der Waals surface area contributed by atoms with E-state index in [4.69, 9.17) is 4.74 Å². The number of thiol groups is 1. The smallest absolute Gasteiger partial charge is 0.394 e. The van der Waals surface area contributed by atoms with Crippen molar-refractivity contribution in [3.05, 3.63) is 72.9 Å². The molecule has 9 nitrogen and oxygen atoms in total. The van der Waals surface area contributed by atoms with Gasteiger partial charge < -0.3 is 9.64 Å². The van der Waals surface area contributed by atoms with Crippen LogP contribution < -0.4 is 14.4 Å². The highest BCUT2D eigenvalue weighted by molar-refractivity contribution is 7.90. The van der Waals surface area contributed by atoms with Crippen LogP contribution in [0.3, 0.4) is 0 Å². The highest BCUT2D eigenvalue weighted by Crippen LogP contribution is 2.59. The van der Waals surface area contributed by atoms with Gasteiger partial charge in [-0.1, -0.05) is 24.3 Å². The molecule has 0 spiro atoms. The predicted molar refractivity (Wildman–Crippen MR) is 156 cm³/mol. The second-order valence-electron chi connectivity index (χ2n) is 10.6. The quantitative estimate of drug-likeness (QED) is 0.146. The molecule has 226 valence electrons. The number of rotatable bonds is 13. The van der Waals surface area contributed by atoms with Crippen LogP contribution in [0.15, 0.2) is 72.3 Å². The van der Waals surface area contributed by atoms with Crippen LogP contribution in [0.4, 0.5) is 19.0 Å². The molecule has 1 N–H and O–H groups in total. The Balaban J connectivity index is 1.63. The number of benzene rings is 1. The Morgan fingerprint density at radius 2 is 1.88 bits per heavy atom. The van der Waals surface area contributed by atoms with Crippen molar-refractivity contribution in [2.24, 2.45) is 5.41 Å². The number of hydrogen-bond acceptors (Lipinski definition) is 8. The molecular formula is C28H32F3N5O4S2. The van der Waals surface area contributed by atoms with Gasteiger partial charge in [-0.15, -0.1) is 11.7 Å². The molecule has 0 unspecified atom stereocenters. The standard InChI is InChI=1S/C28H32F3N5O4S2/c1-4-13-26(2,3)35(19-41)24-21(25(37)34-42(38,39)20-8-6-5-7-9-20)10-11-22(32-24)36-17-12-23(33-36)40-18-16-27(14-15-27)28(29,30)31/h4-12,17,41H,1,13-16,18-19H2,2-3H3,(H,34,37). The maximum absolute atomic E-state index is 13.4. The molecule has 2 heterocycles. The van der Waals surface area contributed by atoms with Crippen molar-refractivity contribution in [3.8, 4) is 11.7 Å². The first kappa shape index (κ1) is 31.4. The lowest BCUT2D eigenvalue weighted by atomic mass is 9.98. The average Bonchev–Trinajstić information content (AvgIpc) is 3.59. The highest BCUT2D eigenvalue weighted by atomic mass is 32.2. The Morgan fingerprint density at radius 1 is 1.19 bits per heavy atom. The first-order chi connectivity index (χ1) is 19.7. The van der Waals surface area contributed by atoms with Crippen LogP contribution in [0.5, 0.6) is 5.88 Å². The molecule has 0 aliphatic heterocycles. The number of carbonyl (C=O) groups excluding carboxylic acids is 1. The molecule has 4 rings (SSSR count). The van der Waals surface area contributed by atoms with Crippen LogP contribution in [0.1, 0.15) is 49.9 Å². The van der Waals surface area contributed by atoms with E-state index in [1.54, 1.807) is 29.2 Å². The van der Waals surface area contributed by atoms with E-state index in [1.807, 2.05) is 13.8 Å². The summed E-state index contributed by atoms with van der Waals surface area (Å²) in [6.45, 7) is 7.45. The van der Waals surface area contributed by atoms with E-state index >= 15 is 0 Å². The van der Waals surface area contributed by atoms with Gasteiger partial charge in [-0.2, -0.15) is 25.8 Å². The largest absolute Gasteiger partial charge is 0.477 e. The zero-order valence-corrected chi connectivity index (χ0v) is 24.8. The fraction of sp³-hybridized carbons (Fsp3) is 0.393. The van der Waals surface area contributed by atoms with Crippen molar-refractivity contribution < 1.29 is 31.1 Å². The molecule has 1 aliphatic rings. The molecule has 1 amide bonds. The number of nitrogens with one attached hydrogen (secondary N) is 1. The van der Waals surface area contributed by atoms with E-state index in [0.717, 1.165) is 0 Å². The van der Waals surface area contributed by atoms with E-state index in [1.165, 1.54) is 41.2 Å².